The number of aryl methyl sites for hydroxylation is 1. The number of thiophene rings is 1. The van der Waals surface area contributed by atoms with Crippen LogP contribution in [0.2, 0.25) is 4.34 Å². The van der Waals surface area contributed by atoms with E-state index in [2.05, 4.69) is 0 Å². The summed E-state index contributed by atoms with van der Waals surface area (Å²) in [6.45, 7) is 0.848. The van der Waals surface area contributed by atoms with Crippen LogP contribution in [-0.2, 0) is 20.7 Å². The van der Waals surface area contributed by atoms with Gasteiger partial charge in [-0.15, -0.1) is 11.3 Å². The summed E-state index contributed by atoms with van der Waals surface area (Å²) < 4.78 is 5.79. The van der Waals surface area contributed by atoms with Crippen molar-refractivity contribution in [3.05, 3.63) is 21.3 Å². The van der Waals surface area contributed by atoms with Crippen LogP contribution in [0, 0.1) is 0 Å². The number of morpholine rings is 1. The minimum absolute atomic E-state index is 0.0425. The van der Waals surface area contributed by atoms with E-state index in [0.717, 1.165) is 4.88 Å². The molecule has 1 aliphatic rings. The van der Waals surface area contributed by atoms with Crippen LogP contribution < -0.4 is 0 Å². The van der Waals surface area contributed by atoms with Crippen molar-refractivity contribution in [2.75, 3.05) is 19.7 Å². The van der Waals surface area contributed by atoms with Crippen molar-refractivity contribution in [1.29, 1.82) is 0 Å². The molecule has 1 unspecified atom stereocenters. The van der Waals surface area contributed by atoms with E-state index in [1.165, 1.54) is 11.3 Å². The predicted molar refractivity (Wildman–Crippen MR) is 71.6 cm³/mol. The molecule has 1 N–H and O–H groups in total. The molecule has 1 amide bonds. The molecule has 0 spiro atoms. The minimum Gasteiger partial charge on any atom is -0.479 e. The van der Waals surface area contributed by atoms with Crippen LogP contribution in [0.25, 0.3) is 0 Å². The Kier molecular flexibility index (Phi) is 4.79. The molecule has 5 nitrogen and oxygen atoms in total. The molecular formula is C12H14ClNO4S. The molecule has 2 rings (SSSR count). The van der Waals surface area contributed by atoms with E-state index < -0.39 is 12.1 Å². The number of carbonyl (C=O) groups excluding carboxylic acids is 1. The van der Waals surface area contributed by atoms with E-state index in [0.29, 0.717) is 23.7 Å². The van der Waals surface area contributed by atoms with Crippen LogP contribution >= 0.6 is 22.9 Å². The van der Waals surface area contributed by atoms with Crippen LogP contribution in [-0.4, -0.2) is 47.7 Å². The van der Waals surface area contributed by atoms with Gasteiger partial charge in [0.25, 0.3) is 0 Å². The summed E-state index contributed by atoms with van der Waals surface area (Å²) in [5, 5.41) is 8.87. The molecule has 0 bridgehead atoms. The Balaban J connectivity index is 1.84. The largest absolute Gasteiger partial charge is 0.479 e. The fourth-order valence-corrected chi connectivity index (χ4v) is 2.99. The summed E-state index contributed by atoms with van der Waals surface area (Å²) in [6, 6.07) is 3.71. The normalized spacial score (nSPS) is 19.4. The minimum atomic E-state index is -1.03. The molecular weight excluding hydrogens is 290 g/mol. The summed E-state index contributed by atoms with van der Waals surface area (Å²) >= 11 is 7.28. The maximum absolute atomic E-state index is 12.0. The monoisotopic (exact) mass is 303 g/mol. The molecule has 1 fully saturated rings. The Morgan fingerprint density at radius 1 is 1.53 bits per heavy atom. The third kappa shape index (κ3) is 3.92. The van der Waals surface area contributed by atoms with Gasteiger partial charge in [-0.05, 0) is 18.6 Å². The van der Waals surface area contributed by atoms with Gasteiger partial charge in [-0.2, -0.15) is 0 Å². The van der Waals surface area contributed by atoms with E-state index in [4.69, 9.17) is 21.4 Å². The number of carboxylic acid groups (broad SMARTS) is 1. The number of hydrogen-bond donors (Lipinski definition) is 1. The number of amides is 1. The van der Waals surface area contributed by atoms with Gasteiger partial charge >= 0.3 is 5.97 Å². The molecule has 1 saturated heterocycles. The lowest BCUT2D eigenvalue weighted by Gasteiger charge is -2.30. The number of aliphatic carboxylic acids is 1. The number of halogens is 1. The van der Waals surface area contributed by atoms with E-state index in [9.17, 15) is 9.59 Å². The quantitative estimate of drug-likeness (QED) is 0.918. The fourth-order valence-electron chi connectivity index (χ4n) is 1.90. The molecule has 7 heteroatoms. The predicted octanol–water partition coefficient (Wildman–Crippen LogP) is 1.65. The Morgan fingerprint density at radius 2 is 2.32 bits per heavy atom. The van der Waals surface area contributed by atoms with Gasteiger partial charge in [-0.1, -0.05) is 11.6 Å². The van der Waals surface area contributed by atoms with E-state index in [1.807, 2.05) is 6.07 Å². The third-order valence-corrected chi connectivity index (χ3v) is 4.20. The zero-order valence-electron chi connectivity index (χ0n) is 10.2. The van der Waals surface area contributed by atoms with Gasteiger partial charge in [-0.3, -0.25) is 4.79 Å². The molecule has 0 aromatic carbocycles. The van der Waals surface area contributed by atoms with E-state index >= 15 is 0 Å². The van der Waals surface area contributed by atoms with Gasteiger partial charge in [0.2, 0.25) is 5.91 Å². The van der Waals surface area contributed by atoms with Crippen LogP contribution in [0.3, 0.4) is 0 Å². The molecule has 1 aromatic rings. The average Bonchev–Trinajstić information content (AvgIpc) is 2.82. The Hall–Kier alpha value is -1.11. The number of carbonyl (C=O) groups is 2. The van der Waals surface area contributed by atoms with Gasteiger partial charge in [-0.25, -0.2) is 4.79 Å². The van der Waals surface area contributed by atoms with Gasteiger partial charge in [0.1, 0.15) is 0 Å². The fraction of sp³-hybridized carbons (Fsp3) is 0.500. The molecule has 2 heterocycles. The van der Waals surface area contributed by atoms with Crippen molar-refractivity contribution in [2.24, 2.45) is 0 Å². The summed E-state index contributed by atoms with van der Waals surface area (Å²) in [7, 11) is 0. The maximum atomic E-state index is 12.0. The highest BCUT2D eigenvalue weighted by molar-refractivity contribution is 7.16. The van der Waals surface area contributed by atoms with Crippen molar-refractivity contribution in [1.82, 2.24) is 4.90 Å². The summed E-state index contributed by atoms with van der Waals surface area (Å²) in [5.74, 6) is -1.07. The first-order valence-electron chi connectivity index (χ1n) is 5.92. The number of hydrogen-bond acceptors (Lipinski definition) is 4. The van der Waals surface area contributed by atoms with Crippen molar-refractivity contribution in [3.63, 3.8) is 0 Å². The third-order valence-electron chi connectivity index (χ3n) is 2.91. The van der Waals surface area contributed by atoms with Crippen molar-refractivity contribution in [3.8, 4) is 0 Å². The van der Waals surface area contributed by atoms with Gasteiger partial charge in [0.15, 0.2) is 6.10 Å². The first kappa shape index (κ1) is 14.3. The van der Waals surface area contributed by atoms with Gasteiger partial charge < -0.3 is 14.7 Å². The van der Waals surface area contributed by atoms with E-state index in [1.54, 1.807) is 11.0 Å². The van der Waals surface area contributed by atoms with Gasteiger partial charge in [0.05, 0.1) is 17.5 Å². The second kappa shape index (κ2) is 6.36. The number of rotatable bonds is 4. The molecule has 1 atom stereocenters. The number of carboxylic acids is 1. The summed E-state index contributed by atoms with van der Waals surface area (Å²) in [4.78, 5) is 25.4. The molecule has 0 saturated carbocycles. The number of nitrogens with zero attached hydrogens (tertiary/aromatic N) is 1. The first-order valence-corrected chi connectivity index (χ1v) is 7.12. The van der Waals surface area contributed by atoms with Crippen molar-refractivity contribution < 1.29 is 19.4 Å². The lowest BCUT2D eigenvalue weighted by molar-refractivity contribution is -0.159. The second-order valence-electron chi connectivity index (χ2n) is 4.24. The Labute approximate surface area is 119 Å². The second-order valence-corrected chi connectivity index (χ2v) is 6.04. The molecule has 104 valence electrons. The highest BCUT2D eigenvalue weighted by atomic mass is 35.5. The SMILES string of the molecule is O=C(O)C1CN(C(=O)CCc2ccc(Cl)s2)CCO1. The number of ether oxygens (including phenoxy) is 1. The summed E-state index contributed by atoms with van der Waals surface area (Å²) in [6.07, 6.45) is 0.0861. The Morgan fingerprint density at radius 3 is 2.95 bits per heavy atom. The van der Waals surface area contributed by atoms with Crippen molar-refractivity contribution >= 4 is 34.8 Å². The van der Waals surface area contributed by atoms with Crippen LogP contribution in [0.15, 0.2) is 12.1 Å². The highest BCUT2D eigenvalue weighted by Gasteiger charge is 2.28. The average molecular weight is 304 g/mol. The maximum Gasteiger partial charge on any atom is 0.334 e. The molecule has 0 radical (unpaired) electrons. The topological polar surface area (TPSA) is 66.8 Å². The molecule has 1 aliphatic heterocycles. The lowest BCUT2D eigenvalue weighted by atomic mass is 10.2. The molecule has 19 heavy (non-hydrogen) atoms. The van der Waals surface area contributed by atoms with E-state index in [-0.39, 0.29) is 19.1 Å². The molecule has 1 aromatic heterocycles. The zero-order valence-corrected chi connectivity index (χ0v) is 11.7. The first-order chi connectivity index (χ1) is 9.06. The van der Waals surface area contributed by atoms with Crippen LogP contribution in [0.4, 0.5) is 0 Å². The zero-order chi connectivity index (χ0) is 13.8. The summed E-state index contributed by atoms with van der Waals surface area (Å²) in [5.41, 5.74) is 0. The van der Waals surface area contributed by atoms with Crippen LogP contribution in [0.1, 0.15) is 11.3 Å². The van der Waals surface area contributed by atoms with Crippen LogP contribution in [0.5, 0.6) is 0 Å². The standard InChI is InChI=1S/C12H14ClNO4S/c13-10-3-1-8(19-10)2-4-11(15)14-5-6-18-9(7-14)12(16)17/h1,3,9H,2,4-7H2,(H,16,17). The highest BCUT2D eigenvalue weighted by Crippen LogP contribution is 2.22. The lowest BCUT2D eigenvalue weighted by Crippen LogP contribution is -2.48. The smallest absolute Gasteiger partial charge is 0.334 e. The van der Waals surface area contributed by atoms with Gasteiger partial charge in [0, 0.05) is 17.8 Å². The Bertz CT molecular complexity index is 476. The van der Waals surface area contributed by atoms with Crippen molar-refractivity contribution in [2.45, 2.75) is 18.9 Å². The molecule has 0 aliphatic carbocycles.